The first kappa shape index (κ1) is 10.2. The fourth-order valence-electron chi connectivity index (χ4n) is 2.29. The van der Waals surface area contributed by atoms with Gasteiger partial charge in [0.1, 0.15) is 0 Å². The molecule has 1 aromatic rings. The maximum absolute atomic E-state index is 9.19. The molecule has 0 radical (unpaired) electrons. The molecular formula is C12H17N3. The van der Waals surface area contributed by atoms with Crippen LogP contribution in [0, 0.1) is 23.7 Å². The number of aromatic nitrogens is 2. The van der Waals surface area contributed by atoms with Crippen LogP contribution in [0.2, 0.25) is 0 Å². The Morgan fingerprint density at radius 2 is 2.33 bits per heavy atom. The zero-order valence-corrected chi connectivity index (χ0v) is 9.45. The van der Waals surface area contributed by atoms with Crippen LogP contribution in [-0.2, 0) is 13.0 Å². The van der Waals surface area contributed by atoms with Gasteiger partial charge in [0, 0.05) is 18.7 Å². The standard InChI is InChI=1S/C12H17N3/c1-3-15-11(7-10(2)14-15)8-12(9-13)5-4-6-12/h7H,3-6,8H2,1-2H3. The van der Waals surface area contributed by atoms with E-state index in [1.165, 1.54) is 12.1 Å². The lowest BCUT2D eigenvalue weighted by atomic mass is 9.67. The van der Waals surface area contributed by atoms with Crippen LogP contribution in [0.3, 0.4) is 0 Å². The third kappa shape index (κ3) is 1.77. The molecule has 1 fully saturated rings. The van der Waals surface area contributed by atoms with E-state index in [1.54, 1.807) is 0 Å². The van der Waals surface area contributed by atoms with Gasteiger partial charge in [-0.15, -0.1) is 0 Å². The molecule has 0 spiro atoms. The Balaban J connectivity index is 2.20. The lowest BCUT2D eigenvalue weighted by molar-refractivity contribution is 0.209. The summed E-state index contributed by atoms with van der Waals surface area (Å²) in [5.41, 5.74) is 2.19. The van der Waals surface area contributed by atoms with Crippen molar-refractivity contribution in [2.45, 2.75) is 46.1 Å². The predicted molar refractivity (Wildman–Crippen MR) is 58.2 cm³/mol. The molecule has 0 aliphatic heterocycles. The van der Waals surface area contributed by atoms with Crippen molar-refractivity contribution >= 4 is 0 Å². The van der Waals surface area contributed by atoms with Crippen LogP contribution in [0.1, 0.15) is 37.6 Å². The Hall–Kier alpha value is -1.30. The molecule has 2 rings (SSSR count). The molecule has 0 unspecified atom stereocenters. The molecule has 1 aliphatic rings. The first-order chi connectivity index (χ1) is 7.19. The summed E-state index contributed by atoms with van der Waals surface area (Å²) < 4.78 is 2.02. The van der Waals surface area contributed by atoms with Gasteiger partial charge in [-0.1, -0.05) is 6.42 Å². The van der Waals surface area contributed by atoms with Crippen molar-refractivity contribution in [1.29, 1.82) is 5.26 Å². The Bertz CT molecular complexity index is 393. The summed E-state index contributed by atoms with van der Waals surface area (Å²) in [5, 5.41) is 13.6. The van der Waals surface area contributed by atoms with Crippen molar-refractivity contribution in [2.75, 3.05) is 0 Å². The first-order valence-corrected chi connectivity index (χ1v) is 5.64. The second-order valence-corrected chi connectivity index (χ2v) is 4.52. The molecule has 1 heterocycles. The van der Waals surface area contributed by atoms with E-state index in [9.17, 15) is 5.26 Å². The number of hydrogen-bond donors (Lipinski definition) is 0. The van der Waals surface area contributed by atoms with Gasteiger partial charge in [0.05, 0.1) is 17.2 Å². The minimum absolute atomic E-state index is 0.0839. The minimum Gasteiger partial charge on any atom is -0.270 e. The zero-order valence-electron chi connectivity index (χ0n) is 9.45. The fourth-order valence-corrected chi connectivity index (χ4v) is 2.29. The van der Waals surface area contributed by atoms with Crippen molar-refractivity contribution in [3.63, 3.8) is 0 Å². The van der Waals surface area contributed by atoms with Gasteiger partial charge in [0.15, 0.2) is 0 Å². The molecular weight excluding hydrogens is 186 g/mol. The van der Waals surface area contributed by atoms with E-state index in [0.29, 0.717) is 0 Å². The van der Waals surface area contributed by atoms with Crippen LogP contribution in [0.25, 0.3) is 0 Å². The van der Waals surface area contributed by atoms with Gasteiger partial charge in [-0.25, -0.2) is 0 Å². The van der Waals surface area contributed by atoms with Crippen LogP contribution in [0.15, 0.2) is 6.07 Å². The number of nitrogens with zero attached hydrogens (tertiary/aromatic N) is 3. The van der Waals surface area contributed by atoms with Crippen LogP contribution >= 0.6 is 0 Å². The van der Waals surface area contributed by atoms with Crippen molar-refractivity contribution in [3.05, 3.63) is 17.5 Å². The molecule has 15 heavy (non-hydrogen) atoms. The lowest BCUT2D eigenvalue weighted by Gasteiger charge is -2.35. The average Bonchev–Trinajstić information content (AvgIpc) is 2.52. The third-order valence-electron chi connectivity index (χ3n) is 3.35. The van der Waals surface area contributed by atoms with Gasteiger partial charge in [-0.3, -0.25) is 4.68 Å². The van der Waals surface area contributed by atoms with Gasteiger partial charge in [0.25, 0.3) is 0 Å². The average molecular weight is 203 g/mol. The van der Waals surface area contributed by atoms with Gasteiger partial charge in [-0.2, -0.15) is 10.4 Å². The maximum atomic E-state index is 9.19. The molecule has 0 atom stereocenters. The zero-order chi connectivity index (χ0) is 10.9. The summed E-state index contributed by atoms with van der Waals surface area (Å²) in [7, 11) is 0. The van der Waals surface area contributed by atoms with E-state index in [1.807, 2.05) is 11.6 Å². The van der Waals surface area contributed by atoms with E-state index in [4.69, 9.17) is 0 Å². The van der Waals surface area contributed by atoms with Crippen molar-refractivity contribution < 1.29 is 0 Å². The van der Waals surface area contributed by atoms with Crippen LogP contribution in [0.4, 0.5) is 0 Å². The summed E-state index contributed by atoms with van der Waals surface area (Å²) in [6.07, 6.45) is 4.18. The van der Waals surface area contributed by atoms with E-state index in [0.717, 1.165) is 31.5 Å². The van der Waals surface area contributed by atoms with Gasteiger partial charge >= 0.3 is 0 Å². The molecule has 1 aromatic heterocycles. The molecule has 1 aliphatic carbocycles. The number of hydrogen-bond acceptors (Lipinski definition) is 2. The largest absolute Gasteiger partial charge is 0.270 e. The highest BCUT2D eigenvalue weighted by Gasteiger charge is 2.38. The molecule has 0 amide bonds. The van der Waals surface area contributed by atoms with Gasteiger partial charge in [0.2, 0.25) is 0 Å². The number of rotatable bonds is 3. The van der Waals surface area contributed by atoms with Crippen molar-refractivity contribution in [1.82, 2.24) is 9.78 Å². The fraction of sp³-hybridized carbons (Fsp3) is 0.667. The quantitative estimate of drug-likeness (QED) is 0.757. The highest BCUT2D eigenvalue weighted by Crippen LogP contribution is 2.43. The Morgan fingerprint density at radius 3 is 2.80 bits per heavy atom. The molecule has 0 saturated heterocycles. The van der Waals surface area contributed by atoms with Gasteiger partial charge in [-0.05, 0) is 32.8 Å². The predicted octanol–water partition coefficient (Wildman–Crippen LogP) is 2.45. The second kappa shape index (κ2) is 3.69. The molecule has 0 bridgehead atoms. The molecule has 80 valence electrons. The van der Waals surface area contributed by atoms with Crippen molar-refractivity contribution in [2.24, 2.45) is 5.41 Å². The second-order valence-electron chi connectivity index (χ2n) is 4.52. The third-order valence-corrected chi connectivity index (χ3v) is 3.35. The Morgan fingerprint density at radius 1 is 1.60 bits per heavy atom. The molecule has 1 saturated carbocycles. The first-order valence-electron chi connectivity index (χ1n) is 5.64. The van der Waals surface area contributed by atoms with Crippen LogP contribution in [0.5, 0.6) is 0 Å². The summed E-state index contributed by atoms with van der Waals surface area (Å²) in [6.45, 7) is 5.00. The molecule has 3 nitrogen and oxygen atoms in total. The smallest absolute Gasteiger partial charge is 0.0693 e. The van der Waals surface area contributed by atoms with E-state index >= 15 is 0 Å². The normalized spacial score (nSPS) is 18.2. The monoisotopic (exact) mass is 203 g/mol. The summed E-state index contributed by atoms with van der Waals surface area (Å²) >= 11 is 0. The summed E-state index contributed by atoms with van der Waals surface area (Å²) in [4.78, 5) is 0. The van der Waals surface area contributed by atoms with Crippen LogP contribution < -0.4 is 0 Å². The maximum Gasteiger partial charge on any atom is 0.0693 e. The van der Waals surface area contributed by atoms with E-state index < -0.39 is 0 Å². The van der Waals surface area contributed by atoms with Crippen LogP contribution in [-0.4, -0.2) is 9.78 Å². The molecule has 3 heteroatoms. The van der Waals surface area contributed by atoms with E-state index in [2.05, 4.69) is 24.2 Å². The number of aryl methyl sites for hydroxylation is 2. The molecule has 0 aromatic carbocycles. The number of nitriles is 1. The molecule has 0 N–H and O–H groups in total. The lowest BCUT2D eigenvalue weighted by Crippen LogP contribution is -2.30. The minimum atomic E-state index is -0.0839. The van der Waals surface area contributed by atoms with Gasteiger partial charge < -0.3 is 0 Å². The Kier molecular flexibility index (Phi) is 2.52. The highest BCUT2D eigenvalue weighted by atomic mass is 15.3. The van der Waals surface area contributed by atoms with E-state index in [-0.39, 0.29) is 5.41 Å². The highest BCUT2D eigenvalue weighted by molar-refractivity contribution is 5.17. The Labute approximate surface area is 90.7 Å². The summed E-state index contributed by atoms with van der Waals surface area (Å²) in [5.74, 6) is 0. The SMILES string of the molecule is CCn1nc(C)cc1CC1(C#N)CCC1. The van der Waals surface area contributed by atoms with Crippen molar-refractivity contribution in [3.8, 4) is 6.07 Å². The summed E-state index contributed by atoms with van der Waals surface area (Å²) in [6, 6.07) is 4.59. The topological polar surface area (TPSA) is 41.6 Å².